The Morgan fingerprint density at radius 1 is 1.28 bits per heavy atom. The Morgan fingerprint density at radius 3 is 2.79 bits per heavy atom. The van der Waals surface area contributed by atoms with Crippen LogP contribution in [-0.4, -0.2) is 88.5 Å². The van der Waals surface area contributed by atoms with Crippen LogP contribution in [0.3, 0.4) is 0 Å². The molecule has 3 aliphatic heterocycles. The molecule has 230 valence electrons. The predicted octanol–water partition coefficient (Wildman–Crippen LogP) is 4.00. The first-order valence-corrected chi connectivity index (χ1v) is 15.5. The lowest BCUT2D eigenvalue weighted by Gasteiger charge is -2.31. The van der Waals surface area contributed by atoms with Crippen LogP contribution in [0.15, 0.2) is 46.0 Å². The average Bonchev–Trinajstić information content (AvgIpc) is 3.26. The maximum absolute atomic E-state index is 15.6. The molecule has 2 saturated heterocycles. The van der Waals surface area contributed by atoms with Crippen molar-refractivity contribution in [3.05, 3.63) is 63.0 Å². The van der Waals surface area contributed by atoms with E-state index >= 15 is 8.78 Å². The molecule has 1 aromatic heterocycles. The average molecular weight is 618 g/mol. The number of carbonyl (C=O) groups excluding carboxylic acids is 1. The van der Waals surface area contributed by atoms with Gasteiger partial charge in [-0.2, -0.15) is 0 Å². The quantitative estimate of drug-likeness (QED) is 0.386. The van der Waals surface area contributed by atoms with Gasteiger partial charge in [-0.25, -0.2) is 22.9 Å². The van der Waals surface area contributed by atoms with Gasteiger partial charge in [0.15, 0.2) is 10.8 Å². The number of carbonyl (C=O) groups is 2. The number of nitrogens with zero attached hydrogens (tertiary/aromatic N) is 4. The third-order valence-electron chi connectivity index (χ3n) is 9.03. The highest BCUT2D eigenvalue weighted by Crippen LogP contribution is 2.45. The van der Waals surface area contributed by atoms with E-state index < -0.39 is 48.3 Å². The van der Waals surface area contributed by atoms with E-state index in [4.69, 9.17) is 9.73 Å². The maximum atomic E-state index is 15.6. The topological polar surface area (TPSA) is 107 Å². The standard InChI is InChI=1S/C30H34F3N5O4S/c1-3-42-29(41)23-21(35-26(27-34-9-12-43-27)36-24(23)18-5-4-6-20(31)16(18)2)14-38-15-30(32,33)25-22(38)8-11-37(25)10-7-17-13-19(17)28(39)40/h4-6,9,12,17,19,22,24-25H,3,7-8,10-11,13-15H2,1-2H3,(H,35,36)(H,39,40)/t17-,19-,22-,24-,25+/m0/s1. The van der Waals surface area contributed by atoms with Gasteiger partial charge in [0.05, 0.1) is 30.7 Å². The first kappa shape index (κ1) is 29.8. The molecule has 1 aromatic carbocycles. The Balaban J connectivity index is 1.32. The van der Waals surface area contributed by atoms with Crippen LogP contribution in [-0.2, 0) is 14.3 Å². The van der Waals surface area contributed by atoms with Gasteiger partial charge >= 0.3 is 11.9 Å². The maximum Gasteiger partial charge on any atom is 0.338 e. The number of aliphatic imine (C=N–C) groups is 1. The van der Waals surface area contributed by atoms with Crippen LogP contribution in [0.1, 0.15) is 48.4 Å². The summed E-state index contributed by atoms with van der Waals surface area (Å²) in [5, 5.41) is 14.8. The fourth-order valence-corrected chi connectivity index (χ4v) is 7.43. The molecule has 3 fully saturated rings. The van der Waals surface area contributed by atoms with Crippen LogP contribution < -0.4 is 5.32 Å². The number of benzene rings is 1. The Hall–Kier alpha value is -3.29. The number of aliphatic carboxylic acids is 1. The summed E-state index contributed by atoms with van der Waals surface area (Å²) in [5.41, 5.74) is 1.35. The van der Waals surface area contributed by atoms with E-state index in [1.54, 1.807) is 47.4 Å². The summed E-state index contributed by atoms with van der Waals surface area (Å²) >= 11 is 1.33. The Morgan fingerprint density at radius 2 is 2.09 bits per heavy atom. The smallest absolute Gasteiger partial charge is 0.338 e. The molecule has 1 saturated carbocycles. The Bertz CT molecular complexity index is 1470. The minimum absolute atomic E-state index is 0.0116. The number of thiazole rings is 1. The summed E-state index contributed by atoms with van der Waals surface area (Å²) in [6.07, 6.45) is 3.33. The highest BCUT2D eigenvalue weighted by molar-refractivity contribution is 7.11. The predicted molar refractivity (Wildman–Crippen MR) is 153 cm³/mol. The van der Waals surface area contributed by atoms with Crippen molar-refractivity contribution in [1.82, 2.24) is 20.1 Å². The minimum atomic E-state index is -3.00. The van der Waals surface area contributed by atoms with Gasteiger partial charge in [0, 0.05) is 36.4 Å². The van der Waals surface area contributed by atoms with Gasteiger partial charge in [0.1, 0.15) is 11.9 Å². The number of fused-ring (bicyclic) bond motifs is 1. The molecule has 43 heavy (non-hydrogen) atoms. The van der Waals surface area contributed by atoms with Crippen molar-refractivity contribution >= 4 is 29.1 Å². The van der Waals surface area contributed by atoms with E-state index in [9.17, 15) is 19.1 Å². The van der Waals surface area contributed by atoms with Crippen LogP contribution in [0, 0.1) is 24.6 Å². The molecule has 2 N–H and O–H groups in total. The molecular weight excluding hydrogens is 583 g/mol. The summed E-state index contributed by atoms with van der Waals surface area (Å²) in [6.45, 7) is 3.83. The minimum Gasteiger partial charge on any atom is -0.481 e. The first-order valence-electron chi connectivity index (χ1n) is 14.6. The van der Waals surface area contributed by atoms with E-state index in [2.05, 4.69) is 10.3 Å². The SMILES string of the molecule is CCOC(=O)C1=C(CN2CC(F)(F)[C@H]3[C@@H]2CCN3CC[C@H]2C[C@@H]2C(=O)O)NC(c2nccs2)=N[C@H]1c1cccc(F)c1C. The van der Waals surface area contributed by atoms with Gasteiger partial charge in [-0.05, 0) is 62.8 Å². The van der Waals surface area contributed by atoms with Crippen LogP contribution in [0.25, 0.3) is 0 Å². The lowest BCUT2D eigenvalue weighted by Crippen LogP contribution is -2.45. The number of likely N-dealkylation sites (tertiary alicyclic amines) is 2. The third-order valence-corrected chi connectivity index (χ3v) is 9.81. The Labute approximate surface area is 251 Å². The number of ether oxygens (including phenoxy) is 1. The number of carboxylic acids is 1. The molecule has 0 unspecified atom stereocenters. The largest absolute Gasteiger partial charge is 0.481 e. The van der Waals surface area contributed by atoms with E-state index in [0.717, 1.165) is 0 Å². The van der Waals surface area contributed by atoms with Crippen molar-refractivity contribution in [1.29, 1.82) is 0 Å². The summed E-state index contributed by atoms with van der Waals surface area (Å²) in [4.78, 5) is 37.4. The summed E-state index contributed by atoms with van der Waals surface area (Å²) in [5.74, 6) is -4.86. The number of alkyl halides is 2. The molecule has 9 nitrogen and oxygen atoms in total. The molecule has 4 heterocycles. The number of amidine groups is 1. The molecule has 0 radical (unpaired) electrons. The highest BCUT2D eigenvalue weighted by atomic mass is 32.1. The van der Waals surface area contributed by atoms with Gasteiger partial charge < -0.3 is 15.2 Å². The van der Waals surface area contributed by atoms with Gasteiger partial charge in [-0.3, -0.25) is 19.6 Å². The second-order valence-electron chi connectivity index (χ2n) is 11.6. The summed E-state index contributed by atoms with van der Waals surface area (Å²) < 4.78 is 51.4. The zero-order chi connectivity index (χ0) is 30.5. The molecule has 5 atom stereocenters. The van der Waals surface area contributed by atoms with Crippen molar-refractivity contribution in [3.8, 4) is 0 Å². The molecule has 2 aromatic rings. The monoisotopic (exact) mass is 617 g/mol. The molecule has 0 bridgehead atoms. The highest BCUT2D eigenvalue weighted by Gasteiger charge is 2.59. The molecule has 13 heteroatoms. The lowest BCUT2D eigenvalue weighted by atomic mass is 9.92. The number of esters is 1. The number of halogens is 3. The van der Waals surface area contributed by atoms with Crippen LogP contribution >= 0.6 is 11.3 Å². The molecule has 4 aliphatic rings. The molecule has 6 rings (SSSR count). The second-order valence-corrected chi connectivity index (χ2v) is 12.5. The Kier molecular flexibility index (Phi) is 8.07. The van der Waals surface area contributed by atoms with Crippen molar-refractivity contribution in [3.63, 3.8) is 0 Å². The fraction of sp³-hybridized carbons (Fsp3) is 0.533. The van der Waals surface area contributed by atoms with Crippen molar-refractivity contribution < 1.29 is 32.6 Å². The third kappa shape index (κ3) is 5.69. The van der Waals surface area contributed by atoms with Gasteiger partial charge in [-0.1, -0.05) is 12.1 Å². The van der Waals surface area contributed by atoms with E-state index in [-0.39, 0.29) is 30.6 Å². The zero-order valence-corrected chi connectivity index (χ0v) is 24.7. The summed E-state index contributed by atoms with van der Waals surface area (Å²) in [7, 11) is 0. The normalized spacial score (nSPS) is 28.4. The van der Waals surface area contributed by atoms with Gasteiger partial charge in [0.25, 0.3) is 5.92 Å². The van der Waals surface area contributed by atoms with E-state index in [0.29, 0.717) is 60.0 Å². The van der Waals surface area contributed by atoms with Crippen molar-refractivity contribution in [2.75, 3.05) is 32.8 Å². The summed E-state index contributed by atoms with van der Waals surface area (Å²) in [6, 6.07) is 2.21. The number of carboxylic acid groups (broad SMARTS) is 1. The van der Waals surface area contributed by atoms with E-state index in [1.165, 1.54) is 17.4 Å². The van der Waals surface area contributed by atoms with Crippen LogP contribution in [0.2, 0.25) is 0 Å². The first-order chi connectivity index (χ1) is 20.6. The molecule has 0 spiro atoms. The second kappa shape index (κ2) is 11.7. The van der Waals surface area contributed by atoms with Gasteiger partial charge in [0.2, 0.25) is 0 Å². The van der Waals surface area contributed by atoms with Crippen molar-refractivity contribution in [2.45, 2.75) is 57.2 Å². The molecular formula is C30H34F3N5O4S. The number of nitrogens with one attached hydrogen (secondary N) is 1. The zero-order valence-electron chi connectivity index (χ0n) is 23.9. The molecule has 0 amide bonds. The number of rotatable bonds is 10. The van der Waals surface area contributed by atoms with Crippen LogP contribution in [0.4, 0.5) is 13.2 Å². The van der Waals surface area contributed by atoms with Gasteiger partial charge in [-0.15, -0.1) is 11.3 Å². The lowest BCUT2D eigenvalue weighted by molar-refractivity contribution is -0.139. The number of hydrogen-bond acceptors (Lipinski definition) is 9. The van der Waals surface area contributed by atoms with Crippen molar-refractivity contribution in [2.24, 2.45) is 16.8 Å². The van der Waals surface area contributed by atoms with Crippen LogP contribution in [0.5, 0.6) is 0 Å². The molecule has 1 aliphatic carbocycles. The fourth-order valence-electron chi connectivity index (χ4n) is 6.84. The van der Waals surface area contributed by atoms with E-state index in [1.807, 2.05) is 0 Å². The number of hydrogen-bond donors (Lipinski definition) is 2. The number of aromatic nitrogens is 1.